The first-order valence-electron chi connectivity index (χ1n) is 5.55. The van der Waals surface area contributed by atoms with Crippen molar-refractivity contribution >= 4 is 18.4 Å². The Labute approximate surface area is 97.8 Å². The highest BCUT2D eigenvalue weighted by atomic mass is 35.5. The lowest BCUT2D eigenvalue weighted by molar-refractivity contribution is -0.138. The summed E-state index contributed by atoms with van der Waals surface area (Å²) in [6.45, 7) is 2.77. The molecule has 0 heterocycles. The first kappa shape index (κ1) is 14.7. The predicted octanol–water partition coefficient (Wildman–Crippen LogP) is 2.28. The summed E-state index contributed by atoms with van der Waals surface area (Å²) in [7, 11) is 0. The number of halogens is 1. The lowest BCUT2D eigenvalue weighted by atomic mass is 9.74. The van der Waals surface area contributed by atoms with E-state index in [-0.39, 0.29) is 24.7 Å². The molecular weight excluding hydrogens is 214 g/mol. The van der Waals surface area contributed by atoms with Crippen molar-refractivity contribution < 1.29 is 9.90 Å². The average Bonchev–Trinajstić information content (AvgIpc) is 2.14. The molecule has 0 radical (unpaired) electrons. The summed E-state index contributed by atoms with van der Waals surface area (Å²) in [5.74, 6) is 0.769. The Balaban J connectivity index is 0.00000196. The van der Waals surface area contributed by atoms with E-state index in [1.54, 1.807) is 0 Å². The fourth-order valence-electron chi connectivity index (χ4n) is 2.58. The van der Waals surface area contributed by atoms with Gasteiger partial charge in [-0.2, -0.15) is 0 Å². The van der Waals surface area contributed by atoms with Gasteiger partial charge in [0.15, 0.2) is 0 Å². The maximum atomic E-state index is 10.6. The highest BCUT2D eigenvalue weighted by Crippen LogP contribution is 2.34. The zero-order chi connectivity index (χ0) is 10.6. The molecule has 0 spiro atoms. The molecule has 4 heteroatoms. The van der Waals surface area contributed by atoms with Gasteiger partial charge in [0.05, 0.1) is 0 Å². The van der Waals surface area contributed by atoms with Gasteiger partial charge in [-0.1, -0.05) is 26.2 Å². The number of carboxylic acid groups (broad SMARTS) is 1. The minimum atomic E-state index is -0.710. The van der Waals surface area contributed by atoms with Crippen LogP contribution in [0.1, 0.15) is 39.0 Å². The Morgan fingerprint density at radius 3 is 2.67 bits per heavy atom. The Morgan fingerprint density at radius 2 is 2.20 bits per heavy atom. The Bertz CT molecular complexity index is 199. The summed E-state index contributed by atoms with van der Waals surface area (Å²) in [4.78, 5) is 10.6. The van der Waals surface area contributed by atoms with Crippen LogP contribution < -0.4 is 5.73 Å². The molecule has 3 unspecified atom stereocenters. The third kappa shape index (κ3) is 4.85. The molecule has 0 bridgehead atoms. The van der Waals surface area contributed by atoms with Crippen LogP contribution in [0.15, 0.2) is 0 Å². The second kappa shape index (κ2) is 7.07. The molecule has 3 N–H and O–H groups in total. The van der Waals surface area contributed by atoms with Gasteiger partial charge in [-0.25, -0.2) is 0 Å². The highest BCUT2D eigenvalue weighted by Gasteiger charge is 2.27. The number of carboxylic acids is 1. The SMILES string of the molecule is CC1CCCC(C(CN)CC(=O)O)C1.Cl. The normalized spacial score (nSPS) is 27.9. The van der Waals surface area contributed by atoms with Gasteiger partial charge in [0, 0.05) is 6.42 Å². The number of carbonyl (C=O) groups is 1. The monoisotopic (exact) mass is 235 g/mol. The van der Waals surface area contributed by atoms with Crippen LogP contribution in [0.4, 0.5) is 0 Å². The van der Waals surface area contributed by atoms with Crippen LogP contribution in [0, 0.1) is 17.8 Å². The zero-order valence-electron chi connectivity index (χ0n) is 9.32. The molecular formula is C11H22ClNO2. The number of nitrogens with two attached hydrogens (primary N) is 1. The third-order valence-corrected chi connectivity index (χ3v) is 3.38. The first-order valence-corrected chi connectivity index (χ1v) is 5.55. The molecule has 1 saturated carbocycles. The topological polar surface area (TPSA) is 63.3 Å². The minimum Gasteiger partial charge on any atom is -0.481 e. The van der Waals surface area contributed by atoms with Gasteiger partial charge in [-0.3, -0.25) is 4.79 Å². The van der Waals surface area contributed by atoms with E-state index in [2.05, 4.69) is 6.92 Å². The van der Waals surface area contributed by atoms with Crippen molar-refractivity contribution in [1.82, 2.24) is 0 Å². The van der Waals surface area contributed by atoms with Gasteiger partial charge in [0.1, 0.15) is 0 Å². The molecule has 1 aliphatic carbocycles. The van der Waals surface area contributed by atoms with Gasteiger partial charge < -0.3 is 10.8 Å². The molecule has 0 amide bonds. The van der Waals surface area contributed by atoms with Crippen LogP contribution in [0.2, 0.25) is 0 Å². The van der Waals surface area contributed by atoms with Crippen molar-refractivity contribution in [2.45, 2.75) is 39.0 Å². The van der Waals surface area contributed by atoms with Crippen molar-refractivity contribution in [2.24, 2.45) is 23.5 Å². The predicted molar refractivity (Wildman–Crippen MR) is 63.2 cm³/mol. The molecule has 0 aromatic heterocycles. The summed E-state index contributed by atoms with van der Waals surface area (Å²) in [6.07, 6.45) is 5.10. The maximum Gasteiger partial charge on any atom is 0.303 e. The van der Waals surface area contributed by atoms with Crippen molar-refractivity contribution in [1.29, 1.82) is 0 Å². The van der Waals surface area contributed by atoms with Crippen LogP contribution in [0.25, 0.3) is 0 Å². The molecule has 1 rings (SSSR count). The van der Waals surface area contributed by atoms with Crippen molar-refractivity contribution in [2.75, 3.05) is 6.54 Å². The summed E-state index contributed by atoms with van der Waals surface area (Å²) >= 11 is 0. The van der Waals surface area contributed by atoms with Gasteiger partial charge >= 0.3 is 5.97 Å². The number of rotatable bonds is 4. The quantitative estimate of drug-likeness (QED) is 0.786. The molecule has 1 fully saturated rings. The molecule has 0 aliphatic heterocycles. The van der Waals surface area contributed by atoms with E-state index in [0.29, 0.717) is 12.5 Å². The summed E-state index contributed by atoms with van der Waals surface area (Å²) < 4.78 is 0. The van der Waals surface area contributed by atoms with E-state index in [1.807, 2.05) is 0 Å². The van der Waals surface area contributed by atoms with E-state index in [1.165, 1.54) is 19.3 Å². The summed E-state index contributed by atoms with van der Waals surface area (Å²) in [5.41, 5.74) is 5.63. The van der Waals surface area contributed by atoms with Crippen LogP contribution in [-0.4, -0.2) is 17.6 Å². The van der Waals surface area contributed by atoms with Crippen molar-refractivity contribution in [3.05, 3.63) is 0 Å². The maximum absolute atomic E-state index is 10.6. The van der Waals surface area contributed by atoms with E-state index >= 15 is 0 Å². The molecule has 0 aromatic rings. The largest absolute Gasteiger partial charge is 0.481 e. The van der Waals surface area contributed by atoms with Gasteiger partial charge in [0.2, 0.25) is 0 Å². The molecule has 3 nitrogen and oxygen atoms in total. The minimum absolute atomic E-state index is 0. The number of hydrogen-bond donors (Lipinski definition) is 2. The highest BCUT2D eigenvalue weighted by molar-refractivity contribution is 5.85. The lowest BCUT2D eigenvalue weighted by Crippen LogP contribution is -2.29. The van der Waals surface area contributed by atoms with Crippen LogP contribution in [0.5, 0.6) is 0 Å². The Kier molecular flexibility index (Phi) is 6.94. The standard InChI is InChI=1S/C11H21NO2.ClH/c1-8-3-2-4-9(5-8)10(7-12)6-11(13)14;/h8-10H,2-7,12H2,1H3,(H,13,14);1H. The zero-order valence-corrected chi connectivity index (χ0v) is 10.1. The summed E-state index contributed by atoms with van der Waals surface area (Å²) in [6, 6.07) is 0. The molecule has 0 saturated heterocycles. The van der Waals surface area contributed by atoms with Crippen molar-refractivity contribution in [3.63, 3.8) is 0 Å². The van der Waals surface area contributed by atoms with E-state index in [9.17, 15) is 4.79 Å². The molecule has 90 valence electrons. The number of hydrogen-bond acceptors (Lipinski definition) is 2. The third-order valence-electron chi connectivity index (χ3n) is 3.38. The lowest BCUT2D eigenvalue weighted by Gasteiger charge is -2.31. The van der Waals surface area contributed by atoms with Crippen LogP contribution >= 0.6 is 12.4 Å². The average molecular weight is 236 g/mol. The number of aliphatic carboxylic acids is 1. The van der Waals surface area contributed by atoms with Crippen LogP contribution in [-0.2, 0) is 4.79 Å². The molecule has 15 heavy (non-hydrogen) atoms. The summed E-state index contributed by atoms with van der Waals surface area (Å²) in [5, 5.41) is 8.76. The van der Waals surface area contributed by atoms with Gasteiger partial charge in [-0.15, -0.1) is 12.4 Å². The smallest absolute Gasteiger partial charge is 0.303 e. The van der Waals surface area contributed by atoms with E-state index < -0.39 is 5.97 Å². The molecule has 0 aromatic carbocycles. The molecule has 3 atom stereocenters. The van der Waals surface area contributed by atoms with Gasteiger partial charge in [-0.05, 0) is 30.7 Å². The van der Waals surface area contributed by atoms with Gasteiger partial charge in [0.25, 0.3) is 0 Å². The fraction of sp³-hybridized carbons (Fsp3) is 0.909. The Morgan fingerprint density at radius 1 is 1.53 bits per heavy atom. The molecule has 1 aliphatic rings. The van der Waals surface area contributed by atoms with Crippen molar-refractivity contribution in [3.8, 4) is 0 Å². The van der Waals surface area contributed by atoms with E-state index in [4.69, 9.17) is 10.8 Å². The first-order chi connectivity index (χ1) is 6.63. The fourth-order valence-corrected chi connectivity index (χ4v) is 2.58. The Hall–Kier alpha value is -0.280. The second-order valence-corrected chi connectivity index (χ2v) is 4.63. The van der Waals surface area contributed by atoms with E-state index in [0.717, 1.165) is 12.3 Å². The van der Waals surface area contributed by atoms with Crippen LogP contribution in [0.3, 0.4) is 0 Å². The second-order valence-electron chi connectivity index (χ2n) is 4.63.